The van der Waals surface area contributed by atoms with Gasteiger partial charge in [-0.2, -0.15) is 5.10 Å². The molecular weight excluding hydrogens is 242 g/mol. The zero-order valence-electron chi connectivity index (χ0n) is 8.87. The van der Waals surface area contributed by atoms with Gasteiger partial charge in [0, 0.05) is 18.1 Å². The first kappa shape index (κ1) is 13.2. The van der Waals surface area contributed by atoms with Crippen LogP contribution in [0.25, 0.3) is 0 Å². The van der Waals surface area contributed by atoms with E-state index in [1.807, 2.05) is 0 Å². The van der Waals surface area contributed by atoms with Crippen LogP contribution < -0.4 is 5.43 Å². The van der Waals surface area contributed by atoms with Gasteiger partial charge in [0.2, 0.25) is 0 Å². The number of nitrogens with zero attached hydrogens (tertiary/aromatic N) is 2. The molecule has 0 unspecified atom stereocenters. The molecule has 0 aliphatic heterocycles. The van der Waals surface area contributed by atoms with Gasteiger partial charge in [0.1, 0.15) is 0 Å². The Hall–Kier alpha value is -1.86. The Labute approximate surface area is 103 Å². The monoisotopic (exact) mass is 253 g/mol. The largest absolute Gasteiger partial charge is 0.390 e. The fourth-order valence-electron chi connectivity index (χ4n) is 1.31. The van der Waals surface area contributed by atoms with Crippen molar-refractivity contribution in [3.05, 3.63) is 39.9 Å². The van der Waals surface area contributed by atoms with Gasteiger partial charge in [-0.15, -0.1) is 0 Å². The predicted molar refractivity (Wildman–Crippen MR) is 68.1 cm³/mol. The maximum atomic E-state index is 10.8. The van der Waals surface area contributed by atoms with Crippen molar-refractivity contribution >= 4 is 29.1 Å². The molecule has 17 heavy (non-hydrogen) atoms. The number of hydrogen-bond donors (Lipinski definition) is 2. The number of hydrazone groups is 1. The summed E-state index contributed by atoms with van der Waals surface area (Å²) in [6.45, 7) is -0.289. The lowest BCUT2D eigenvalue weighted by Crippen LogP contribution is -2.14. The molecule has 0 heterocycles. The number of hydrogen-bond acceptors (Lipinski definition) is 5. The number of thiocarbonyl (C=S) groups is 1. The van der Waals surface area contributed by atoms with Gasteiger partial charge in [0.25, 0.3) is 5.69 Å². The molecule has 7 heteroatoms. The van der Waals surface area contributed by atoms with E-state index < -0.39 is 4.92 Å². The van der Waals surface area contributed by atoms with E-state index in [1.54, 1.807) is 18.2 Å². The van der Waals surface area contributed by atoms with Crippen LogP contribution in [0.15, 0.2) is 29.4 Å². The molecule has 1 aromatic rings. The van der Waals surface area contributed by atoms with E-state index in [9.17, 15) is 10.1 Å². The van der Waals surface area contributed by atoms with Crippen molar-refractivity contribution in [3.63, 3.8) is 0 Å². The van der Waals surface area contributed by atoms with Crippen LogP contribution in [0.3, 0.4) is 0 Å². The maximum Gasteiger partial charge on any atom is 0.272 e. The standard InChI is InChI=1S/C10H11N3O3S/c14-6-9(12-11-7-17)5-8-3-1-2-4-10(8)13(15)16/h1-4,7,14H,5-6H2,(H,11,17)/b12-9-. The summed E-state index contributed by atoms with van der Waals surface area (Å²) in [6, 6.07) is 6.33. The number of nitro benzene ring substituents is 1. The fourth-order valence-corrected chi connectivity index (χ4v) is 1.36. The number of nitro groups is 1. The van der Waals surface area contributed by atoms with E-state index in [0.29, 0.717) is 11.3 Å². The van der Waals surface area contributed by atoms with Crippen LogP contribution >= 0.6 is 12.2 Å². The van der Waals surface area contributed by atoms with Crippen molar-refractivity contribution < 1.29 is 10.0 Å². The van der Waals surface area contributed by atoms with Gasteiger partial charge in [-0.05, 0) is 0 Å². The number of rotatable bonds is 6. The second-order valence-electron chi connectivity index (χ2n) is 3.15. The van der Waals surface area contributed by atoms with Crippen molar-refractivity contribution in [1.29, 1.82) is 0 Å². The van der Waals surface area contributed by atoms with Crippen molar-refractivity contribution in [3.8, 4) is 0 Å². The summed E-state index contributed by atoms with van der Waals surface area (Å²) in [7, 11) is 0. The first-order valence-corrected chi connectivity index (χ1v) is 5.24. The maximum absolute atomic E-state index is 10.8. The lowest BCUT2D eigenvalue weighted by atomic mass is 10.1. The Morgan fingerprint density at radius 3 is 2.88 bits per heavy atom. The number of para-hydroxylation sites is 1. The SMILES string of the molecule is O=[N+]([O-])c1ccccc1C/C(CO)=N/NC=S. The third-order valence-corrected chi connectivity index (χ3v) is 2.15. The Balaban J connectivity index is 2.93. The molecule has 0 amide bonds. The Kier molecular flexibility index (Phi) is 5.18. The number of nitrogens with one attached hydrogen (secondary N) is 1. The van der Waals surface area contributed by atoms with Crippen LogP contribution in [0.1, 0.15) is 5.56 Å². The molecule has 0 atom stereocenters. The van der Waals surface area contributed by atoms with Gasteiger partial charge < -0.3 is 5.11 Å². The highest BCUT2D eigenvalue weighted by Gasteiger charge is 2.13. The molecule has 0 saturated carbocycles. The van der Waals surface area contributed by atoms with Gasteiger partial charge in [-0.1, -0.05) is 30.4 Å². The molecule has 90 valence electrons. The molecule has 0 aliphatic carbocycles. The van der Waals surface area contributed by atoms with E-state index in [1.165, 1.54) is 11.6 Å². The van der Waals surface area contributed by atoms with Gasteiger partial charge >= 0.3 is 0 Å². The Morgan fingerprint density at radius 1 is 1.59 bits per heavy atom. The van der Waals surface area contributed by atoms with E-state index in [-0.39, 0.29) is 18.7 Å². The first-order chi connectivity index (χ1) is 8.19. The lowest BCUT2D eigenvalue weighted by molar-refractivity contribution is -0.385. The zero-order chi connectivity index (χ0) is 12.7. The second kappa shape index (κ2) is 6.66. The minimum Gasteiger partial charge on any atom is -0.390 e. The van der Waals surface area contributed by atoms with Gasteiger partial charge in [-0.25, -0.2) is 0 Å². The molecule has 0 radical (unpaired) electrons. The van der Waals surface area contributed by atoms with E-state index in [0.717, 1.165) is 0 Å². The Morgan fingerprint density at radius 2 is 2.29 bits per heavy atom. The van der Waals surface area contributed by atoms with Crippen molar-refractivity contribution in [2.75, 3.05) is 6.61 Å². The zero-order valence-corrected chi connectivity index (χ0v) is 9.68. The van der Waals surface area contributed by atoms with Crippen molar-refractivity contribution in [2.45, 2.75) is 6.42 Å². The molecule has 0 fully saturated rings. The number of aliphatic hydroxyl groups excluding tert-OH is 1. The third-order valence-electron chi connectivity index (χ3n) is 2.04. The number of benzene rings is 1. The summed E-state index contributed by atoms with van der Waals surface area (Å²) in [5, 5.41) is 23.6. The summed E-state index contributed by atoms with van der Waals surface area (Å²) < 4.78 is 0. The summed E-state index contributed by atoms with van der Waals surface area (Å²) in [5.41, 5.74) is 4.49. The molecule has 0 spiro atoms. The smallest absolute Gasteiger partial charge is 0.272 e. The van der Waals surface area contributed by atoms with Gasteiger partial charge in [0.15, 0.2) is 0 Å². The molecule has 0 aliphatic rings. The van der Waals surface area contributed by atoms with Gasteiger partial charge in [0.05, 0.1) is 22.7 Å². The topological polar surface area (TPSA) is 87.8 Å². The van der Waals surface area contributed by atoms with Crippen LogP contribution in [0, 0.1) is 10.1 Å². The summed E-state index contributed by atoms with van der Waals surface area (Å²) in [4.78, 5) is 10.3. The first-order valence-electron chi connectivity index (χ1n) is 4.76. The summed E-state index contributed by atoms with van der Waals surface area (Å²) >= 11 is 4.52. The quantitative estimate of drug-likeness (QED) is 0.342. The van der Waals surface area contributed by atoms with E-state index >= 15 is 0 Å². The molecule has 2 N–H and O–H groups in total. The average Bonchev–Trinajstić information content (AvgIpc) is 2.34. The second-order valence-corrected chi connectivity index (χ2v) is 3.38. The van der Waals surface area contributed by atoms with E-state index in [4.69, 9.17) is 5.11 Å². The normalized spacial score (nSPS) is 11.0. The molecule has 0 bridgehead atoms. The fraction of sp³-hybridized carbons (Fsp3) is 0.200. The highest BCUT2D eigenvalue weighted by molar-refractivity contribution is 7.78. The van der Waals surface area contributed by atoms with Crippen LogP contribution in [0.4, 0.5) is 5.69 Å². The minimum absolute atomic E-state index is 0.0102. The van der Waals surface area contributed by atoms with Crippen LogP contribution in [0.2, 0.25) is 0 Å². The summed E-state index contributed by atoms with van der Waals surface area (Å²) in [5.74, 6) is 0. The third kappa shape index (κ3) is 3.89. The predicted octanol–water partition coefficient (Wildman–Crippen LogP) is 1.03. The van der Waals surface area contributed by atoms with Gasteiger partial charge in [-0.3, -0.25) is 15.5 Å². The molecule has 1 rings (SSSR count). The lowest BCUT2D eigenvalue weighted by Gasteiger charge is -2.04. The average molecular weight is 253 g/mol. The van der Waals surface area contributed by atoms with Crippen LogP contribution in [-0.4, -0.2) is 27.8 Å². The molecule has 1 aromatic carbocycles. The number of aliphatic hydroxyl groups is 1. The van der Waals surface area contributed by atoms with E-state index in [2.05, 4.69) is 22.7 Å². The van der Waals surface area contributed by atoms with Crippen LogP contribution in [0.5, 0.6) is 0 Å². The highest BCUT2D eigenvalue weighted by atomic mass is 32.1. The molecular formula is C10H11N3O3S. The Bertz CT molecular complexity index is 448. The molecule has 0 aromatic heterocycles. The molecule has 6 nitrogen and oxygen atoms in total. The summed E-state index contributed by atoms with van der Waals surface area (Å²) in [6.07, 6.45) is 0.198. The van der Waals surface area contributed by atoms with Crippen LogP contribution in [-0.2, 0) is 6.42 Å². The highest BCUT2D eigenvalue weighted by Crippen LogP contribution is 2.18. The molecule has 0 saturated heterocycles. The van der Waals surface area contributed by atoms with Crippen molar-refractivity contribution in [1.82, 2.24) is 5.43 Å². The van der Waals surface area contributed by atoms with Crippen molar-refractivity contribution in [2.24, 2.45) is 5.10 Å². The minimum atomic E-state index is -0.461.